The van der Waals surface area contributed by atoms with E-state index in [1.165, 1.54) is 17.8 Å². The van der Waals surface area contributed by atoms with Crippen LogP contribution in [0.5, 0.6) is 5.75 Å². The molecule has 0 saturated heterocycles. The monoisotopic (exact) mass is 415 g/mol. The van der Waals surface area contributed by atoms with E-state index >= 15 is 0 Å². The molecule has 0 aliphatic carbocycles. The number of halogens is 1. The van der Waals surface area contributed by atoms with Crippen molar-refractivity contribution in [3.05, 3.63) is 38.2 Å². The average molecular weight is 416 g/mol. The molecule has 5 nitrogen and oxygen atoms in total. The fourth-order valence-electron chi connectivity index (χ4n) is 1.98. The number of benzene rings is 1. The second-order valence-electron chi connectivity index (χ2n) is 5.04. The van der Waals surface area contributed by atoms with Gasteiger partial charge in [0.2, 0.25) is 0 Å². The maximum Gasteiger partial charge on any atom is 0.350 e. The molecule has 23 heavy (non-hydrogen) atoms. The van der Waals surface area contributed by atoms with Gasteiger partial charge in [-0.05, 0) is 40.5 Å². The molecule has 0 spiro atoms. The van der Waals surface area contributed by atoms with E-state index in [4.69, 9.17) is 16.6 Å². The van der Waals surface area contributed by atoms with Crippen molar-refractivity contribution in [3.8, 4) is 5.75 Å². The Labute approximate surface area is 150 Å². The van der Waals surface area contributed by atoms with E-state index in [2.05, 4.69) is 15.9 Å². The van der Waals surface area contributed by atoms with E-state index in [1.807, 2.05) is 0 Å². The van der Waals surface area contributed by atoms with Crippen molar-refractivity contribution in [3.63, 3.8) is 0 Å². The summed E-state index contributed by atoms with van der Waals surface area (Å²) in [6, 6.07) is 3.03. The Bertz CT molecular complexity index is 861. The van der Waals surface area contributed by atoms with Gasteiger partial charge in [0.25, 0.3) is 0 Å². The van der Waals surface area contributed by atoms with Gasteiger partial charge in [-0.15, -0.1) is 0 Å². The average Bonchev–Trinajstić information content (AvgIpc) is 2.49. The van der Waals surface area contributed by atoms with Gasteiger partial charge < -0.3 is 14.4 Å². The first-order valence-electron chi connectivity index (χ1n) is 6.56. The molecule has 2 aromatic rings. The number of fused-ring (bicyclic) bond motifs is 1. The van der Waals surface area contributed by atoms with Crippen LogP contribution < -0.4 is 5.63 Å². The molecule has 0 atom stereocenters. The number of hydrogen-bond acceptors (Lipinski definition) is 6. The van der Waals surface area contributed by atoms with Gasteiger partial charge in [-0.2, -0.15) is 0 Å². The normalized spacial score (nSPS) is 10.8. The quantitative estimate of drug-likeness (QED) is 0.468. The minimum Gasteiger partial charge on any atom is -0.507 e. The minimum absolute atomic E-state index is 0.00394. The summed E-state index contributed by atoms with van der Waals surface area (Å²) < 4.78 is 6.08. The first-order valence-corrected chi connectivity index (χ1v) is 8.75. The Hall–Kier alpha value is -1.38. The summed E-state index contributed by atoms with van der Waals surface area (Å²) in [5, 5.41) is 10.7. The molecule has 0 aliphatic heterocycles. The maximum absolute atomic E-state index is 12.5. The van der Waals surface area contributed by atoms with Crippen molar-refractivity contribution in [1.82, 2.24) is 4.90 Å². The molecule has 0 radical (unpaired) electrons. The number of carbonyl (C=O) groups is 1. The largest absolute Gasteiger partial charge is 0.507 e. The summed E-state index contributed by atoms with van der Waals surface area (Å²) in [5.74, 6) is -0.529. The van der Waals surface area contributed by atoms with Crippen molar-refractivity contribution in [2.75, 3.05) is 19.8 Å². The molecular weight excluding hydrogens is 402 g/mol. The van der Waals surface area contributed by atoms with Crippen molar-refractivity contribution < 1.29 is 14.3 Å². The van der Waals surface area contributed by atoms with Crippen LogP contribution in [0.2, 0.25) is 0 Å². The van der Waals surface area contributed by atoms with Crippen molar-refractivity contribution >= 4 is 61.0 Å². The molecule has 2 rings (SSSR count). The molecule has 0 saturated carbocycles. The lowest BCUT2D eigenvalue weighted by Gasteiger charge is -2.13. The summed E-state index contributed by atoms with van der Waals surface area (Å²) in [5.41, 5.74) is 0.161. The lowest BCUT2D eigenvalue weighted by molar-refractivity contribution is 0.102. The summed E-state index contributed by atoms with van der Waals surface area (Å²) in [7, 11) is 3.57. The van der Waals surface area contributed by atoms with Crippen molar-refractivity contribution in [2.45, 2.75) is 6.92 Å². The molecule has 1 heterocycles. The van der Waals surface area contributed by atoms with E-state index in [-0.39, 0.29) is 28.4 Å². The number of aromatic hydroxyl groups is 1. The third kappa shape index (κ3) is 3.59. The number of thiocarbonyl (C=S) groups is 1. The SMILES string of the molecule is Cc1c(Br)c(=O)oc2c(C(=O)CSC(=S)N(C)C)c(O)ccc12. The second-order valence-corrected chi connectivity index (χ2v) is 7.44. The Morgan fingerprint density at radius 3 is 2.70 bits per heavy atom. The zero-order valence-electron chi connectivity index (χ0n) is 12.7. The molecule has 122 valence electrons. The van der Waals surface area contributed by atoms with E-state index in [1.54, 1.807) is 32.0 Å². The zero-order valence-corrected chi connectivity index (χ0v) is 15.9. The maximum atomic E-state index is 12.5. The lowest BCUT2D eigenvalue weighted by Crippen LogP contribution is -2.18. The van der Waals surface area contributed by atoms with E-state index < -0.39 is 5.63 Å². The zero-order chi connectivity index (χ0) is 17.3. The molecule has 0 amide bonds. The van der Waals surface area contributed by atoms with Crippen LogP contribution in [0, 0.1) is 6.92 Å². The number of ketones is 1. The highest BCUT2D eigenvalue weighted by Gasteiger charge is 2.21. The van der Waals surface area contributed by atoms with Crippen LogP contribution in [-0.2, 0) is 0 Å². The van der Waals surface area contributed by atoms with Gasteiger partial charge in [-0.3, -0.25) is 4.79 Å². The standard InChI is InChI=1S/C15H14BrNO4S2/c1-7-8-4-5-9(18)11(13(8)21-14(20)12(7)16)10(19)6-23-15(22)17(2)3/h4-5,18H,6H2,1-3H3. The first-order chi connectivity index (χ1) is 10.7. The highest BCUT2D eigenvalue weighted by Crippen LogP contribution is 2.31. The Morgan fingerprint density at radius 1 is 1.43 bits per heavy atom. The predicted octanol–water partition coefficient (Wildman–Crippen LogP) is 3.33. The summed E-state index contributed by atoms with van der Waals surface area (Å²) >= 11 is 9.48. The number of phenols is 1. The summed E-state index contributed by atoms with van der Waals surface area (Å²) in [4.78, 5) is 26.1. The third-order valence-corrected chi connectivity index (χ3v) is 5.87. The Kier molecular flexibility index (Phi) is 5.49. The molecule has 1 aromatic heterocycles. The fourth-order valence-corrected chi connectivity index (χ4v) is 3.11. The van der Waals surface area contributed by atoms with Crippen LogP contribution in [0.1, 0.15) is 15.9 Å². The predicted molar refractivity (Wildman–Crippen MR) is 99.7 cm³/mol. The number of phenolic OH excluding ortho intramolecular Hbond substituents is 1. The minimum atomic E-state index is -0.592. The van der Waals surface area contributed by atoms with Gasteiger partial charge in [0.1, 0.15) is 20.1 Å². The second kappa shape index (κ2) is 7.02. The van der Waals surface area contributed by atoms with Crippen LogP contribution in [-0.4, -0.2) is 40.0 Å². The van der Waals surface area contributed by atoms with E-state index in [0.717, 1.165) is 0 Å². The molecular formula is C15H14BrNO4S2. The number of aryl methyl sites for hydroxylation is 1. The Morgan fingerprint density at radius 2 is 2.09 bits per heavy atom. The van der Waals surface area contributed by atoms with E-state index in [0.29, 0.717) is 19.7 Å². The number of rotatable bonds is 3. The lowest BCUT2D eigenvalue weighted by atomic mass is 10.0. The molecule has 0 fully saturated rings. The third-order valence-electron chi connectivity index (χ3n) is 3.21. The van der Waals surface area contributed by atoms with Crippen LogP contribution in [0.15, 0.2) is 25.8 Å². The molecule has 8 heteroatoms. The first kappa shape index (κ1) is 18.0. The van der Waals surface area contributed by atoms with Gasteiger partial charge in [-0.1, -0.05) is 24.0 Å². The number of carbonyl (C=O) groups excluding carboxylic acids is 1. The van der Waals surface area contributed by atoms with Crippen LogP contribution in [0.25, 0.3) is 11.0 Å². The van der Waals surface area contributed by atoms with Gasteiger partial charge in [0.15, 0.2) is 11.4 Å². The molecule has 1 N–H and O–H groups in total. The van der Waals surface area contributed by atoms with Gasteiger partial charge in [-0.25, -0.2) is 4.79 Å². The highest BCUT2D eigenvalue weighted by atomic mass is 79.9. The molecule has 0 aliphatic rings. The van der Waals surface area contributed by atoms with Gasteiger partial charge >= 0.3 is 5.63 Å². The van der Waals surface area contributed by atoms with Crippen molar-refractivity contribution in [1.29, 1.82) is 0 Å². The number of thioether (sulfide) groups is 1. The molecule has 0 bridgehead atoms. The topological polar surface area (TPSA) is 70.8 Å². The van der Waals surface area contributed by atoms with E-state index in [9.17, 15) is 14.7 Å². The van der Waals surface area contributed by atoms with Crippen LogP contribution in [0.4, 0.5) is 0 Å². The van der Waals surface area contributed by atoms with Crippen LogP contribution in [0.3, 0.4) is 0 Å². The smallest absolute Gasteiger partial charge is 0.350 e. The van der Waals surface area contributed by atoms with Crippen LogP contribution >= 0.6 is 39.9 Å². The fraction of sp³-hybridized carbons (Fsp3) is 0.267. The Balaban J connectivity index is 2.52. The number of Topliss-reactive ketones (excluding diaryl/α,β-unsaturated/α-hetero) is 1. The summed E-state index contributed by atoms with van der Waals surface area (Å²) in [6.07, 6.45) is 0. The number of nitrogens with zero attached hydrogens (tertiary/aromatic N) is 1. The van der Waals surface area contributed by atoms with Crippen molar-refractivity contribution in [2.24, 2.45) is 0 Å². The highest BCUT2D eigenvalue weighted by molar-refractivity contribution is 9.10. The molecule has 1 aromatic carbocycles. The van der Waals surface area contributed by atoms with Gasteiger partial charge in [0, 0.05) is 19.5 Å². The molecule has 0 unspecified atom stereocenters. The summed E-state index contributed by atoms with van der Waals surface area (Å²) in [6.45, 7) is 1.74. The number of hydrogen-bond donors (Lipinski definition) is 1. The van der Waals surface area contributed by atoms with Gasteiger partial charge in [0.05, 0.1) is 5.75 Å².